The van der Waals surface area contributed by atoms with E-state index in [0.717, 1.165) is 17.8 Å². The molecule has 7 heteroatoms. The molecule has 0 N–H and O–H groups in total. The summed E-state index contributed by atoms with van der Waals surface area (Å²) >= 11 is 0. The molecule has 0 saturated heterocycles. The Morgan fingerprint density at radius 2 is 1.72 bits per heavy atom. The van der Waals surface area contributed by atoms with Gasteiger partial charge in [0.25, 0.3) is 0 Å². The average Bonchev–Trinajstić information content (AvgIpc) is 2.69. The number of fused-ring (bicyclic) bond motifs is 1. The number of carbonyl (C=O) groups excluding carboxylic acids is 2. The van der Waals surface area contributed by atoms with Crippen LogP contribution in [0.5, 0.6) is 0 Å². The van der Waals surface area contributed by atoms with E-state index in [-0.39, 0.29) is 22.7 Å². The maximum atomic E-state index is 13.6. The Bertz CT molecular complexity index is 971. The summed E-state index contributed by atoms with van der Waals surface area (Å²) in [5.74, 6) is -1.31. The molecule has 1 aromatic rings. The molecule has 1 aliphatic carbocycles. The number of Topliss-reactive ketones (excluding diaryl/α,β-unsaturated/α-hetero) is 2. The molecule has 4 nitrogen and oxygen atoms in total. The van der Waals surface area contributed by atoms with E-state index >= 15 is 0 Å². The van der Waals surface area contributed by atoms with Gasteiger partial charge in [-0.3, -0.25) is 14.6 Å². The fourth-order valence-corrected chi connectivity index (χ4v) is 4.87. The first kappa shape index (κ1) is 24.4. The van der Waals surface area contributed by atoms with Crippen molar-refractivity contribution in [3.8, 4) is 0 Å². The molecule has 0 bridgehead atoms. The van der Waals surface area contributed by atoms with E-state index in [0.29, 0.717) is 24.1 Å². The van der Waals surface area contributed by atoms with Gasteiger partial charge in [0, 0.05) is 36.3 Å². The third-order valence-electron chi connectivity index (χ3n) is 6.43. The van der Waals surface area contributed by atoms with Crippen LogP contribution in [0.3, 0.4) is 0 Å². The largest absolute Gasteiger partial charge is 0.416 e. The maximum Gasteiger partial charge on any atom is 0.416 e. The number of methoxy groups -OCH3 is 1. The molecule has 1 heterocycles. The predicted molar refractivity (Wildman–Crippen MR) is 117 cm³/mol. The third kappa shape index (κ3) is 4.58. The minimum absolute atomic E-state index is 0.0527. The molecule has 32 heavy (non-hydrogen) atoms. The highest BCUT2D eigenvalue weighted by molar-refractivity contribution is 6.15. The van der Waals surface area contributed by atoms with Gasteiger partial charge in [0.2, 0.25) is 0 Å². The van der Waals surface area contributed by atoms with Crippen LogP contribution in [0.2, 0.25) is 0 Å². The highest BCUT2D eigenvalue weighted by Crippen LogP contribution is 2.46. The Morgan fingerprint density at radius 1 is 1.12 bits per heavy atom. The number of nitrogens with zero attached hydrogens (tertiary/aromatic N) is 1. The van der Waals surface area contributed by atoms with Crippen molar-refractivity contribution < 1.29 is 27.5 Å². The van der Waals surface area contributed by atoms with Crippen molar-refractivity contribution in [3.05, 3.63) is 46.7 Å². The minimum Gasteiger partial charge on any atom is -0.375 e. The average molecular weight is 450 g/mol. The molecule has 1 saturated carbocycles. The van der Waals surface area contributed by atoms with Gasteiger partial charge in [-0.2, -0.15) is 13.2 Å². The van der Waals surface area contributed by atoms with Crippen molar-refractivity contribution in [3.63, 3.8) is 0 Å². The van der Waals surface area contributed by atoms with Crippen molar-refractivity contribution in [1.29, 1.82) is 0 Å². The smallest absolute Gasteiger partial charge is 0.375 e. The molecular weight excluding hydrogens is 419 g/mol. The lowest BCUT2D eigenvalue weighted by atomic mass is 9.61. The molecule has 0 aromatic heterocycles. The number of ketones is 2. The fraction of sp³-hybridized carbons (Fsp3) is 0.560. The van der Waals surface area contributed by atoms with Crippen molar-refractivity contribution in [2.24, 2.45) is 28.2 Å². The van der Waals surface area contributed by atoms with E-state index in [4.69, 9.17) is 9.73 Å². The molecular formula is C25H30F3NO3. The van der Waals surface area contributed by atoms with Gasteiger partial charge in [0.1, 0.15) is 5.78 Å². The van der Waals surface area contributed by atoms with Crippen LogP contribution in [0, 0.1) is 23.2 Å². The minimum atomic E-state index is -4.48. The van der Waals surface area contributed by atoms with Gasteiger partial charge in [-0.05, 0) is 36.8 Å². The SMILES string of the molecule is COC(C)C1=C(C(=O)c2ccc(C(F)(F)F)cc2)C(C(C)C)C2C(=O)CC(C)(C)CC2=N1. The predicted octanol–water partition coefficient (Wildman–Crippen LogP) is 5.91. The van der Waals surface area contributed by atoms with Crippen molar-refractivity contribution in [1.82, 2.24) is 0 Å². The second-order valence-corrected chi connectivity index (χ2v) is 9.92. The van der Waals surface area contributed by atoms with Gasteiger partial charge >= 0.3 is 6.18 Å². The van der Waals surface area contributed by atoms with Gasteiger partial charge in [-0.15, -0.1) is 0 Å². The van der Waals surface area contributed by atoms with Crippen molar-refractivity contribution in [2.75, 3.05) is 7.11 Å². The Hall–Kier alpha value is -2.28. The van der Waals surface area contributed by atoms with Crippen LogP contribution >= 0.6 is 0 Å². The Kier molecular flexibility index (Phi) is 6.53. The molecule has 3 unspecified atom stereocenters. The first-order valence-corrected chi connectivity index (χ1v) is 10.9. The molecule has 0 radical (unpaired) electrons. The first-order chi connectivity index (χ1) is 14.8. The number of carbonyl (C=O) groups is 2. The van der Waals surface area contributed by atoms with Gasteiger partial charge in [0.15, 0.2) is 5.78 Å². The number of aliphatic imine (C=N–C) groups is 1. The molecule has 1 aliphatic heterocycles. The van der Waals surface area contributed by atoms with E-state index < -0.39 is 35.5 Å². The summed E-state index contributed by atoms with van der Waals surface area (Å²) in [5.41, 5.74) is 0.713. The maximum absolute atomic E-state index is 13.6. The molecule has 1 aromatic carbocycles. The second-order valence-electron chi connectivity index (χ2n) is 9.92. The molecule has 1 fully saturated rings. The van der Waals surface area contributed by atoms with Crippen LogP contribution in [0.25, 0.3) is 0 Å². The van der Waals surface area contributed by atoms with Crippen LogP contribution in [0.15, 0.2) is 40.5 Å². The summed E-state index contributed by atoms with van der Waals surface area (Å²) in [6.45, 7) is 9.75. The Morgan fingerprint density at radius 3 is 2.22 bits per heavy atom. The van der Waals surface area contributed by atoms with Crippen molar-refractivity contribution in [2.45, 2.75) is 59.7 Å². The second kappa shape index (κ2) is 8.58. The van der Waals surface area contributed by atoms with E-state index in [1.807, 2.05) is 27.7 Å². The number of benzene rings is 1. The number of hydrogen-bond donors (Lipinski definition) is 0. The lowest BCUT2D eigenvalue weighted by molar-refractivity contribution is -0.137. The molecule has 3 atom stereocenters. The first-order valence-electron chi connectivity index (χ1n) is 10.9. The van der Waals surface area contributed by atoms with Crippen molar-refractivity contribution >= 4 is 17.3 Å². The number of allylic oxidation sites excluding steroid dienone is 1. The van der Waals surface area contributed by atoms with Crippen LogP contribution in [-0.2, 0) is 15.7 Å². The number of ether oxygens (including phenoxy) is 1. The van der Waals surface area contributed by atoms with E-state index in [9.17, 15) is 22.8 Å². The van der Waals surface area contributed by atoms with Gasteiger partial charge < -0.3 is 4.74 Å². The third-order valence-corrected chi connectivity index (χ3v) is 6.43. The number of hydrogen-bond acceptors (Lipinski definition) is 4. The monoisotopic (exact) mass is 449 g/mol. The zero-order valence-electron chi connectivity index (χ0n) is 19.3. The van der Waals surface area contributed by atoms with Crippen LogP contribution < -0.4 is 0 Å². The Balaban J connectivity index is 2.17. The number of halogens is 3. The van der Waals surface area contributed by atoms with Gasteiger partial charge in [-0.25, -0.2) is 0 Å². The molecule has 0 spiro atoms. The number of alkyl halides is 3. The zero-order valence-corrected chi connectivity index (χ0v) is 19.3. The summed E-state index contributed by atoms with van der Waals surface area (Å²) in [7, 11) is 1.52. The summed E-state index contributed by atoms with van der Waals surface area (Å²) in [6, 6.07) is 4.19. The van der Waals surface area contributed by atoms with E-state index in [1.54, 1.807) is 6.92 Å². The van der Waals surface area contributed by atoms with Crippen LogP contribution in [-0.4, -0.2) is 30.5 Å². The Labute approximate surface area is 186 Å². The highest BCUT2D eigenvalue weighted by Gasteiger charge is 2.48. The lowest BCUT2D eigenvalue weighted by Gasteiger charge is -2.43. The normalized spacial score (nSPS) is 24.3. The fourth-order valence-electron chi connectivity index (χ4n) is 4.87. The lowest BCUT2D eigenvalue weighted by Crippen LogP contribution is -2.47. The molecule has 2 aliphatic rings. The number of rotatable bonds is 5. The highest BCUT2D eigenvalue weighted by atomic mass is 19.4. The topological polar surface area (TPSA) is 55.7 Å². The standard InChI is InChI=1S/C25H30F3NO3/c1-13(2)19-20-17(11-24(4,5)12-18(20)30)29-22(14(3)32-6)21(19)23(31)15-7-9-16(10-8-15)25(26,27)28/h7-10,13-14,19-20H,11-12H2,1-6H3. The zero-order chi connectivity index (χ0) is 24.0. The quantitative estimate of drug-likeness (QED) is 0.525. The van der Waals surface area contributed by atoms with Crippen LogP contribution in [0.4, 0.5) is 13.2 Å². The summed E-state index contributed by atoms with van der Waals surface area (Å²) < 4.78 is 44.5. The molecule has 3 rings (SSSR count). The summed E-state index contributed by atoms with van der Waals surface area (Å²) in [5, 5.41) is 0. The van der Waals surface area contributed by atoms with Gasteiger partial charge in [-0.1, -0.05) is 39.8 Å². The molecule has 0 amide bonds. The summed E-state index contributed by atoms with van der Waals surface area (Å²) in [4.78, 5) is 31.6. The summed E-state index contributed by atoms with van der Waals surface area (Å²) in [6.07, 6.45) is -3.94. The van der Waals surface area contributed by atoms with Crippen LogP contribution in [0.1, 0.15) is 63.4 Å². The van der Waals surface area contributed by atoms with E-state index in [1.165, 1.54) is 19.2 Å². The molecule has 174 valence electrons. The van der Waals surface area contributed by atoms with Gasteiger partial charge in [0.05, 0.1) is 23.3 Å². The van der Waals surface area contributed by atoms with E-state index in [2.05, 4.69) is 0 Å².